The summed E-state index contributed by atoms with van der Waals surface area (Å²) in [5, 5.41) is 0. The Morgan fingerprint density at radius 2 is 1.00 bits per heavy atom. The van der Waals surface area contributed by atoms with Crippen molar-refractivity contribution in [1.82, 2.24) is 0 Å². The van der Waals surface area contributed by atoms with E-state index in [0.717, 1.165) is 31.7 Å². The molecule has 0 aromatic heterocycles. The van der Waals surface area contributed by atoms with E-state index in [-0.39, 0.29) is 0 Å². The smallest absolute Gasteiger partial charge is 0.0850 e. The van der Waals surface area contributed by atoms with Gasteiger partial charge >= 0.3 is 0 Å². The molecule has 5 rings (SSSR count). The lowest BCUT2D eigenvalue weighted by Gasteiger charge is -2.25. The second-order valence-electron chi connectivity index (χ2n) is 7.32. The molecule has 3 aromatic rings. The largest absolute Gasteiger partial charge is 0.373 e. The Bertz CT molecular complexity index is 824. The van der Waals surface area contributed by atoms with E-state index in [4.69, 9.17) is 9.47 Å². The van der Waals surface area contributed by atoms with Crippen molar-refractivity contribution in [3.8, 4) is 0 Å². The van der Waals surface area contributed by atoms with E-state index < -0.39 is 0 Å². The molecular formula is C24H23NO2. The van der Waals surface area contributed by atoms with E-state index in [9.17, 15) is 0 Å². The molecule has 136 valence electrons. The fourth-order valence-electron chi connectivity index (χ4n) is 3.48. The SMILES string of the molecule is c1ccc(N(c2ccc(CC3CO3)cc2)c2ccc(CC3CO3)cc2)cc1. The number of hydrogen-bond acceptors (Lipinski definition) is 3. The molecule has 3 heteroatoms. The summed E-state index contributed by atoms with van der Waals surface area (Å²) in [6.45, 7) is 1.80. The van der Waals surface area contributed by atoms with Crippen molar-refractivity contribution in [2.45, 2.75) is 25.0 Å². The third-order valence-corrected chi connectivity index (χ3v) is 5.13. The number of rotatable bonds is 7. The summed E-state index contributed by atoms with van der Waals surface area (Å²) in [7, 11) is 0. The van der Waals surface area contributed by atoms with Gasteiger partial charge in [-0.25, -0.2) is 0 Å². The second-order valence-corrected chi connectivity index (χ2v) is 7.32. The molecule has 0 amide bonds. The molecule has 0 bridgehead atoms. The minimum absolute atomic E-state index is 0.420. The summed E-state index contributed by atoms with van der Waals surface area (Å²) in [5.74, 6) is 0. The number of nitrogens with zero attached hydrogens (tertiary/aromatic N) is 1. The summed E-state index contributed by atoms with van der Waals surface area (Å²) >= 11 is 0. The maximum Gasteiger partial charge on any atom is 0.0850 e. The lowest BCUT2D eigenvalue weighted by molar-refractivity contribution is 0.407. The van der Waals surface area contributed by atoms with Crippen LogP contribution in [-0.2, 0) is 22.3 Å². The van der Waals surface area contributed by atoms with Gasteiger partial charge in [0, 0.05) is 29.9 Å². The zero-order valence-corrected chi connectivity index (χ0v) is 15.3. The van der Waals surface area contributed by atoms with Crippen molar-refractivity contribution in [2.24, 2.45) is 0 Å². The lowest BCUT2D eigenvalue weighted by Crippen LogP contribution is -2.10. The van der Waals surface area contributed by atoms with Crippen molar-refractivity contribution >= 4 is 17.1 Å². The van der Waals surface area contributed by atoms with Gasteiger partial charge in [0.15, 0.2) is 0 Å². The van der Waals surface area contributed by atoms with Crippen LogP contribution in [0.1, 0.15) is 11.1 Å². The summed E-state index contributed by atoms with van der Waals surface area (Å²) in [5.41, 5.74) is 6.15. The van der Waals surface area contributed by atoms with E-state index in [0.29, 0.717) is 12.2 Å². The van der Waals surface area contributed by atoms with Crippen LogP contribution in [0.4, 0.5) is 17.1 Å². The fraction of sp³-hybridized carbons (Fsp3) is 0.250. The zero-order chi connectivity index (χ0) is 18.1. The van der Waals surface area contributed by atoms with E-state index in [1.54, 1.807) is 0 Å². The maximum absolute atomic E-state index is 5.35. The molecule has 2 unspecified atom stereocenters. The third-order valence-electron chi connectivity index (χ3n) is 5.13. The van der Waals surface area contributed by atoms with E-state index in [1.807, 2.05) is 0 Å². The van der Waals surface area contributed by atoms with Crippen LogP contribution >= 0.6 is 0 Å². The normalized spacial score (nSPS) is 20.3. The van der Waals surface area contributed by atoms with E-state index in [1.165, 1.54) is 22.5 Å². The second kappa shape index (κ2) is 7.18. The van der Waals surface area contributed by atoms with Gasteiger partial charge in [-0.2, -0.15) is 0 Å². The number of anilines is 3. The number of hydrogen-bond donors (Lipinski definition) is 0. The molecule has 2 heterocycles. The molecule has 2 fully saturated rings. The van der Waals surface area contributed by atoms with Crippen LogP contribution in [0.2, 0.25) is 0 Å². The summed E-state index contributed by atoms with van der Waals surface area (Å²) in [6, 6.07) is 28.2. The first-order valence-corrected chi connectivity index (χ1v) is 9.61. The number of para-hydroxylation sites is 1. The first-order chi connectivity index (χ1) is 13.3. The minimum atomic E-state index is 0.420. The van der Waals surface area contributed by atoms with Gasteiger partial charge in [-0.3, -0.25) is 0 Å². The van der Waals surface area contributed by atoms with Crippen molar-refractivity contribution < 1.29 is 9.47 Å². The zero-order valence-electron chi connectivity index (χ0n) is 15.3. The molecule has 0 radical (unpaired) electrons. The third kappa shape index (κ3) is 4.05. The predicted molar refractivity (Wildman–Crippen MR) is 108 cm³/mol. The average Bonchev–Trinajstić information content (AvgIpc) is 3.63. The van der Waals surface area contributed by atoms with Crippen LogP contribution in [-0.4, -0.2) is 25.4 Å². The molecule has 2 atom stereocenters. The Balaban J connectivity index is 1.45. The highest BCUT2D eigenvalue weighted by Crippen LogP contribution is 2.35. The first-order valence-electron chi connectivity index (χ1n) is 9.61. The molecule has 3 aromatic carbocycles. The Hall–Kier alpha value is -2.62. The van der Waals surface area contributed by atoms with E-state index >= 15 is 0 Å². The van der Waals surface area contributed by atoms with Gasteiger partial charge in [0.25, 0.3) is 0 Å². The highest BCUT2D eigenvalue weighted by molar-refractivity contribution is 5.76. The van der Waals surface area contributed by atoms with E-state index in [2.05, 4.69) is 83.8 Å². The van der Waals surface area contributed by atoms with Crippen LogP contribution in [0, 0.1) is 0 Å². The highest BCUT2D eigenvalue weighted by Gasteiger charge is 2.23. The lowest BCUT2D eigenvalue weighted by atomic mass is 10.1. The highest BCUT2D eigenvalue weighted by atomic mass is 16.6. The van der Waals surface area contributed by atoms with Crippen molar-refractivity contribution in [2.75, 3.05) is 18.1 Å². The summed E-state index contributed by atoms with van der Waals surface area (Å²) in [4.78, 5) is 2.30. The van der Waals surface area contributed by atoms with Gasteiger partial charge in [0.05, 0.1) is 25.4 Å². The van der Waals surface area contributed by atoms with Gasteiger partial charge in [-0.05, 0) is 47.5 Å². The molecule has 0 N–H and O–H groups in total. The van der Waals surface area contributed by atoms with Crippen molar-refractivity contribution in [3.05, 3.63) is 90.0 Å². The maximum atomic E-state index is 5.35. The van der Waals surface area contributed by atoms with Crippen LogP contribution < -0.4 is 4.90 Å². The molecule has 2 aliphatic heterocycles. The molecule has 2 saturated heterocycles. The van der Waals surface area contributed by atoms with Crippen LogP contribution in [0.15, 0.2) is 78.9 Å². The molecule has 0 spiro atoms. The minimum Gasteiger partial charge on any atom is -0.373 e. The molecule has 0 aliphatic carbocycles. The number of benzene rings is 3. The number of epoxide rings is 2. The summed E-state index contributed by atoms with van der Waals surface area (Å²) < 4.78 is 10.7. The van der Waals surface area contributed by atoms with Gasteiger partial charge in [-0.1, -0.05) is 42.5 Å². The van der Waals surface area contributed by atoms with Crippen molar-refractivity contribution in [3.63, 3.8) is 0 Å². The predicted octanol–water partition coefficient (Wildman–Crippen LogP) is 5.04. The standard InChI is InChI=1S/C24H23NO2/c1-2-4-20(5-3-1)25(21-10-6-18(7-11-21)14-23-16-26-23)22-12-8-19(9-13-22)15-24-17-27-24/h1-13,23-24H,14-17H2. The number of ether oxygens (including phenoxy) is 2. The van der Waals surface area contributed by atoms with Gasteiger partial charge in [-0.15, -0.1) is 0 Å². The van der Waals surface area contributed by atoms with Gasteiger partial charge in [0.2, 0.25) is 0 Å². The Labute approximate surface area is 160 Å². The fourth-order valence-corrected chi connectivity index (χ4v) is 3.48. The Morgan fingerprint density at radius 3 is 1.41 bits per heavy atom. The quantitative estimate of drug-likeness (QED) is 0.555. The van der Waals surface area contributed by atoms with Crippen molar-refractivity contribution in [1.29, 1.82) is 0 Å². The topological polar surface area (TPSA) is 28.3 Å². The molecule has 3 nitrogen and oxygen atoms in total. The average molecular weight is 357 g/mol. The molecule has 0 saturated carbocycles. The Kier molecular flexibility index (Phi) is 4.40. The first kappa shape index (κ1) is 16.5. The Morgan fingerprint density at radius 1 is 0.593 bits per heavy atom. The van der Waals surface area contributed by atoms with Gasteiger partial charge in [0.1, 0.15) is 0 Å². The summed E-state index contributed by atoms with van der Waals surface area (Å²) in [6.07, 6.45) is 2.85. The monoisotopic (exact) mass is 357 g/mol. The van der Waals surface area contributed by atoms with Crippen LogP contribution in [0.25, 0.3) is 0 Å². The molecular weight excluding hydrogens is 334 g/mol. The molecule has 27 heavy (non-hydrogen) atoms. The van der Waals surface area contributed by atoms with Crippen LogP contribution in [0.5, 0.6) is 0 Å². The molecule has 2 aliphatic rings. The van der Waals surface area contributed by atoms with Crippen LogP contribution in [0.3, 0.4) is 0 Å². The van der Waals surface area contributed by atoms with Gasteiger partial charge < -0.3 is 14.4 Å².